The Kier molecular flexibility index (Phi) is 3.71. The number of aromatic nitrogens is 3. The summed E-state index contributed by atoms with van der Waals surface area (Å²) in [5, 5.41) is 16.1. The van der Waals surface area contributed by atoms with Crippen LogP contribution in [0.15, 0.2) is 17.6 Å². The number of aryl methyl sites for hydroxylation is 1. The Bertz CT molecular complexity index is 586. The van der Waals surface area contributed by atoms with Gasteiger partial charge in [0, 0.05) is 18.1 Å². The average molecular weight is 279 g/mol. The van der Waals surface area contributed by atoms with Crippen molar-refractivity contribution in [3.63, 3.8) is 0 Å². The molecular formula is C13H17N3O2S. The highest BCUT2D eigenvalue weighted by Gasteiger charge is 2.32. The van der Waals surface area contributed by atoms with Crippen LogP contribution in [0.1, 0.15) is 32.9 Å². The van der Waals surface area contributed by atoms with Crippen LogP contribution in [-0.4, -0.2) is 25.8 Å². The maximum Gasteiger partial charge on any atom is 0.315 e. The molecule has 102 valence electrons. The molecule has 0 atom stereocenters. The number of carbonyl (C=O) groups is 1. The first kappa shape index (κ1) is 13.7. The normalized spacial score (nSPS) is 11.7. The van der Waals surface area contributed by atoms with Gasteiger partial charge in [0.1, 0.15) is 10.4 Å². The fourth-order valence-corrected chi connectivity index (χ4v) is 2.71. The van der Waals surface area contributed by atoms with Crippen LogP contribution < -0.4 is 0 Å². The van der Waals surface area contributed by atoms with Crippen molar-refractivity contribution in [1.29, 1.82) is 0 Å². The van der Waals surface area contributed by atoms with Gasteiger partial charge >= 0.3 is 5.97 Å². The molecule has 2 aromatic rings. The third kappa shape index (κ3) is 2.53. The summed E-state index contributed by atoms with van der Waals surface area (Å²) in [5.74, 6) is -0.869. The van der Waals surface area contributed by atoms with Crippen LogP contribution in [0.3, 0.4) is 0 Å². The first-order valence-electron chi connectivity index (χ1n) is 6.18. The minimum atomic E-state index is -0.968. The number of carboxylic acid groups (broad SMARTS) is 1. The molecular weight excluding hydrogens is 262 g/mol. The van der Waals surface area contributed by atoms with Crippen LogP contribution >= 0.6 is 11.3 Å². The standard InChI is InChI=1S/C13H17N3O2S/c1-4-7-16-9(5-6-14-16)11-15-10(8-19-11)13(2,3)12(17)18/h5-6,8H,4,7H2,1-3H3,(H,17,18). The maximum atomic E-state index is 11.2. The number of hydrogen-bond acceptors (Lipinski definition) is 4. The molecule has 2 aromatic heterocycles. The highest BCUT2D eigenvalue weighted by atomic mass is 32.1. The van der Waals surface area contributed by atoms with E-state index in [1.165, 1.54) is 11.3 Å². The first-order chi connectivity index (χ1) is 8.96. The largest absolute Gasteiger partial charge is 0.481 e. The van der Waals surface area contributed by atoms with Gasteiger partial charge in [-0.2, -0.15) is 5.10 Å². The lowest BCUT2D eigenvalue weighted by Crippen LogP contribution is -2.28. The zero-order chi connectivity index (χ0) is 14.0. The average Bonchev–Trinajstić information content (AvgIpc) is 2.96. The summed E-state index contributed by atoms with van der Waals surface area (Å²) in [5.41, 5.74) is 0.563. The van der Waals surface area contributed by atoms with Gasteiger partial charge in [-0.15, -0.1) is 11.3 Å². The van der Waals surface area contributed by atoms with Gasteiger partial charge in [-0.1, -0.05) is 6.92 Å². The van der Waals surface area contributed by atoms with Crippen LogP contribution in [-0.2, 0) is 16.8 Å². The predicted octanol–water partition coefficient (Wildman–Crippen LogP) is 2.78. The smallest absolute Gasteiger partial charge is 0.315 e. The van der Waals surface area contributed by atoms with Gasteiger partial charge in [0.2, 0.25) is 0 Å². The van der Waals surface area contributed by atoms with Gasteiger partial charge in [-0.3, -0.25) is 9.48 Å². The van der Waals surface area contributed by atoms with Crippen molar-refractivity contribution in [3.05, 3.63) is 23.3 Å². The second-order valence-electron chi connectivity index (χ2n) is 4.91. The van der Waals surface area contributed by atoms with E-state index in [2.05, 4.69) is 17.0 Å². The topological polar surface area (TPSA) is 68.0 Å². The summed E-state index contributed by atoms with van der Waals surface area (Å²) in [6.07, 6.45) is 2.74. The zero-order valence-corrected chi connectivity index (χ0v) is 12.1. The number of thiazole rings is 1. The number of rotatable bonds is 5. The van der Waals surface area contributed by atoms with E-state index in [1.807, 2.05) is 16.1 Å². The Hall–Kier alpha value is -1.69. The number of hydrogen-bond donors (Lipinski definition) is 1. The highest BCUT2D eigenvalue weighted by molar-refractivity contribution is 7.13. The molecule has 0 aliphatic heterocycles. The third-order valence-corrected chi connectivity index (χ3v) is 3.92. The van der Waals surface area contributed by atoms with Crippen LogP contribution in [0.4, 0.5) is 0 Å². The SMILES string of the molecule is CCCn1nccc1-c1nc(C(C)(C)C(=O)O)cs1. The van der Waals surface area contributed by atoms with Gasteiger partial charge in [0.25, 0.3) is 0 Å². The summed E-state index contributed by atoms with van der Waals surface area (Å²) in [4.78, 5) is 15.7. The Morgan fingerprint density at radius 2 is 2.26 bits per heavy atom. The second-order valence-corrected chi connectivity index (χ2v) is 5.77. The first-order valence-corrected chi connectivity index (χ1v) is 7.06. The number of nitrogens with zero attached hydrogens (tertiary/aromatic N) is 3. The molecule has 0 fully saturated rings. The molecule has 6 heteroatoms. The fourth-order valence-electron chi connectivity index (χ4n) is 1.69. The lowest BCUT2D eigenvalue weighted by atomic mass is 9.90. The number of aliphatic carboxylic acids is 1. The molecule has 0 aliphatic carbocycles. The second kappa shape index (κ2) is 5.13. The lowest BCUT2D eigenvalue weighted by Gasteiger charge is -2.15. The zero-order valence-electron chi connectivity index (χ0n) is 11.3. The van der Waals surface area contributed by atoms with E-state index >= 15 is 0 Å². The van der Waals surface area contributed by atoms with E-state index in [9.17, 15) is 9.90 Å². The van der Waals surface area contributed by atoms with Crippen molar-refractivity contribution in [2.45, 2.75) is 39.2 Å². The van der Waals surface area contributed by atoms with Gasteiger partial charge in [-0.05, 0) is 26.3 Å². The number of carboxylic acids is 1. The molecule has 0 unspecified atom stereocenters. The van der Waals surface area contributed by atoms with E-state index in [-0.39, 0.29) is 0 Å². The Morgan fingerprint density at radius 1 is 1.53 bits per heavy atom. The minimum absolute atomic E-state index is 0.587. The maximum absolute atomic E-state index is 11.2. The predicted molar refractivity (Wildman–Crippen MR) is 74.3 cm³/mol. The van der Waals surface area contributed by atoms with Gasteiger partial charge in [0.15, 0.2) is 0 Å². The molecule has 0 spiro atoms. The molecule has 0 saturated carbocycles. The van der Waals surface area contributed by atoms with E-state index < -0.39 is 11.4 Å². The Labute approximate surface area is 115 Å². The minimum Gasteiger partial charge on any atom is -0.481 e. The molecule has 0 aromatic carbocycles. The molecule has 0 amide bonds. The van der Waals surface area contributed by atoms with Crippen LogP contribution in [0.2, 0.25) is 0 Å². The Morgan fingerprint density at radius 3 is 2.89 bits per heavy atom. The molecule has 2 heterocycles. The Balaban J connectivity index is 2.36. The van der Waals surface area contributed by atoms with Gasteiger partial charge < -0.3 is 5.11 Å². The molecule has 19 heavy (non-hydrogen) atoms. The van der Waals surface area contributed by atoms with Gasteiger partial charge in [-0.25, -0.2) is 4.98 Å². The lowest BCUT2D eigenvalue weighted by molar-refractivity contribution is -0.142. The molecule has 0 radical (unpaired) electrons. The highest BCUT2D eigenvalue weighted by Crippen LogP contribution is 2.30. The summed E-state index contributed by atoms with van der Waals surface area (Å²) in [6, 6.07) is 1.91. The molecule has 0 aliphatic rings. The van der Waals surface area contributed by atoms with Crippen LogP contribution in [0.5, 0.6) is 0 Å². The van der Waals surface area contributed by atoms with Crippen molar-refractivity contribution in [2.24, 2.45) is 0 Å². The molecule has 1 N–H and O–H groups in total. The monoisotopic (exact) mass is 279 g/mol. The summed E-state index contributed by atoms with van der Waals surface area (Å²) >= 11 is 1.46. The van der Waals surface area contributed by atoms with Crippen molar-refractivity contribution in [3.8, 4) is 10.7 Å². The summed E-state index contributed by atoms with van der Waals surface area (Å²) in [7, 11) is 0. The summed E-state index contributed by atoms with van der Waals surface area (Å²) in [6.45, 7) is 6.25. The quantitative estimate of drug-likeness (QED) is 0.913. The third-order valence-electron chi connectivity index (χ3n) is 3.05. The van der Waals surface area contributed by atoms with Crippen LogP contribution in [0, 0.1) is 0 Å². The molecule has 2 rings (SSSR count). The van der Waals surface area contributed by atoms with Gasteiger partial charge in [0.05, 0.1) is 11.4 Å². The molecule has 0 saturated heterocycles. The van der Waals surface area contributed by atoms with Crippen molar-refractivity contribution < 1.29 is 9.90 Å². The van der Waals surface area contributed by atoms with E-state index in [1.54, 1.807) is 20.0 Å². The fraction of sp³-hybridized carbons (Fsp3) is 0.462. The summed E-state index contributed by atoms with van der Waals surface area (Å²) < 4.78 is 1.90. The van der Waals surface area contributed by atoms with Crippen molar-refractivity contribution in [2.75, 3.05) is 0 Å². The molecule has 0 bridgehead atoms. The molecule has 5 nitrogen and oxygen atoms in total. The van der Waals surface area contributed by atoms with Crippen LogP contribution in [0.25, 0.3) is 10.7 Å². The van der Waals surface area contributed by atoms with E-state index in [4.69, 9.17) is 0 Å². The van der Waals surface area contributed by atoms with E-state index in [0.717, 1.165) is 23.7 Å². The van der Waals surface area contributed by atoms with Crippen molar-refractivity contribution >= 4 is 17.3 Å². The van der Waals surface area contributed by atoms with Crippen molar-refractivity contribution in [1.82, 2.24) is 14.8 Å². The van der Waals surface area contributed by atoms with E-state index in [0.29, 0.717) is 5.69 Å².